The first-order valence-electron chi connectivity index (χ1n) is 6.62. The van der Waals surface area contributed by atoms with Crippen molar-refractivity contribution in [2.24, 2.45) is 0 Å². The number of nitrogens with one attached hydrogen (secondary N) is 1. The van der Waals surface area contributed by atoms with E-state index in [-0.39, 0.29) is 5.91 Å². The number of hydrogen-bond donors (Lipinski definition) is 1. The lowest BCUT2D eigenvalue weighted by Crippen LogP contribution is -2.13. The third-order valence-corrected chi connectivity index (χ3v) is 3.79. The fraction of sp³-hybridized carbons (Fsp3) is 0. The van der Waals surface area contributed by atoms with Crippen LogP contribution in [0.3, 0.4) is 0 Å². The van der Waals surface area contributed by atoms with Gasteiger partial charge in [0.15, 0.2) is 0 Å². The number of amides is 1. The first-order chi connectivity index (χ1) is 11.1. The van der Waals surface area contributed by atoms with Crippen molar-refractivity contribution in [2.45, 2.75) is 0 Å². The molecule has 114 valence electrons. The molecule has 1 N–H and O–H groups in total. The summed E-state index contributed by atoms with van der Waals surface area (Å²) in [5.41, 5.74) is 1.85. The summed E-state index contributed by atoms with van der Waals surface area (Å²) in [7, 11) is 0. The number of rotatable bonds is 3. The third-order valence-electron chi connectivity index (χ3n) is 3.05. The average molecular weight is 345 g/mol. The zero-order chi connectivity index (χ0) is 16.2. The molecule has 23 heavy (non-hydrogen) atoms. The molecule has 7 heteroatoms. The zero-order valence-electron chi connectivity index (χ0n) is 11.7. The Kier molecular flexibility index (Phi) is 4.50. The van der Waals surface area contributed by atoms with Gasteiger partial charge in [0.1, 0.15) is 12.1 Å². The molecule has 1 amide bonds. The van der Waals surface area contributed by atoms with Crippen LogP contribution in [0.4, 0.5) is 5.82 Å². The lowest BCUT2D eigenvalue weighted by molar-refractivity contribution is 0.102. The first kappa shape index (κ1) is 15.4. The maximum absolute atomic E-state index is 12.1. The molecule has 3 rings (SSSR count). The van der Waals surface area contributed by atoms with Crippen molar-refractivity contribution in [1.82, 2.24) is 15.0 Å². The second-order valence-corrected chi connectivity index (χ2v) is 5.43. The number of carbonyl (C=O) groups excluding carboxylic acids is 1. The fourth-order valence-electron chi connectivity index (χ4n) is 1.92. The van der Waals surface area contributed by atoms with Crippen LogP contribution < -0.4 is 5.32 Å². The molecule has 0 fully saturated rings. The van der Waals surface area contributed by atoms with E-state index < -0.39 is 0 Å². The molecule has 0 saturated carbocycles. The highest BCUT2D eigenvalue weighted by molar-refractivity contribution is 6.42. The number of aromatic nitrogens is 3. The van der Waals surface area contributed by atoms with Crippen LogP contribution in [0.5, 0.6) is 0 Å². The quantitative estimate of drug-likeness (QED) is 0.776. The molecule has 5 nitrogen and oxygen atoms in total. The van der Waals surface area contributed by atoms with Gasteiger partial charge in [-0.3, -0.25) is 9.78 Å². The molecule has 0 bridgehead atoms. The van der Waals surface area contributed by atoms with Crippen LogP contribution in [-0.2, 0) is 0 Å². The molecule has 0 atom stereocenters. The summed E-state index contributed by atoms with van der Waals surface area (Å²) in [4.78, 5) is 24.3. The van der Waals surface area contributed by atoms with E-state index in [4.69, 9.17) is 23.2 Å². The molecule has 2 heterocycles. The van der Waals surface area contributed by atoms with Gasteiger partial charge in [0.05, 0.1) is 21.3 Å². The zero-order valence-corrected chi connectivity index (χ0v) is 13.2. The maximum Gasteiger partial charge on any atom is 0.258 e. The molecule has 3 aromatic rings. The minimum atomic E-state index is -0.295. The number of carbonyl (C=O) groups is 1. The van der Waals surface area contributed by atoms with Gasteiger partial charge >= 0.3 is 0 Å². The van der Waals surface area contributed by atoms with E-state index in [1.165, 1.54) is 12.5 Å². The molecule has 0 unspecified atom stereocenters. The van der Waals surface area contributed by atoms with Gasteiger partial charge < -0.3 is 5.32 Å². The van der Waals surface area contributed by atoms with Crippen molar-refractivity contribution < 1.29 is 4.79 Å². The van der Waals surface area contributed by atoms with Gasteiger partial charge in [-0.25, -0.2) is 9.97 Å². The summed E-state index contributed by atoms with van der Waals surface area (Å²) >= 11 is 11.9. The highest BCUT2D eigenvalue weighted by atomic mass is 35.5. The van der Waals surface area contributed by atoms with E-state index in [1.54, 1.807) is 42.6 Å². The van der Waals surface area contributed by atoms with E-state index in [2.05, 4.69) is 20.3 Å². The molecular formula is C16H10Cl2N4O. The first-order valence-corrected chi connectivity index (χ1v) is 7.38. The Morgan fingerprint density at radius 1 is 1.04 bits per heavy atom. The fourth-order valence-corrected chi connectivity index (χ4v) is 2.22. The van der Waals surface area contributed by atoms with Crippen LogP contribution in [0.1, 0.15) is 10.4 Å². The number of halogens is 2. The number of nitrogens with zero attached hydrogens (tertiary/aromatic N) is 3. The second-order valence-electron chi connectivity index (χ2n) is 4.61. The van der Waals surface area contributed by atoms with Crippen LogP contribution in [0.15, 0.2) is 55.1 Å². The second kappa shape index (κ2) is 6.73. The smallest absolute Gasteiger partial charge is 0.258 e. The maximum atomic E-state index is 12.1. The largest absolute Gasteiger partial charge is 0.306 e. The predicted molar refractivity (Wildman–Crippen MR) is 89.7 cm³/mol. The standard InChI is InChI=1S/C16H10Cl2N4O/c17-12-4-3-10(6-13(12)18)14-7-15(21-9-20-14)22-16(23)11-2-1-5-19-8-11/h1-9H,(H,20,21,22,23). The average Bonchev–Trinajstić information content (AvgIpc) is 2.58. The van der Waals surface area contributed by atoms with Crippen LogP contribution in [0.25, 0.3) is 11.3 Å². The summed E-state index contributed by atoms with van der Waals surface area (Å²) < 4.78 is 0. The van der Waals surface area contributed by atoms with Crippen LogP contribution in [0, 0.1) is 0 Å². The summed E-state index contributed by atoms with van der Waals surface area (Å²) in [6, 6.07) is 10.2. The SMILES string of the molecule is O=C(Nc1cc(-c2ccc(Cl)c(Cl)c2)ncn1)c1cccnc1. The molecule has 1 aromatic carbocycles. The summed E-state index contributed by atoms with van der Waals surface area (Å²) in [6.07, 6.45) is 4.46. The molecule has 0 aliphatic carbocycles. The van der Waals surface area contributed by atoms with Gasteiger partial charge in [0, 0.05) is 24.0 Å². The van der Waals surface area contributed by atoms with Crippen molar-refractivity contribution in [1.29, 1.82) is 0 Å². The van der Waals surface area contributed by atoms with Gasteiger partial charge in [0.25, 0.3) is 5.91 Å². The Labute approximate surface area is 142 Å². The Hall–Kier alpha value is -2.50. The van der Waals surface area contributed by atoms with Crippen molar-refractivity contribution in [3.63, 3.8) is 0 Å². The Balaban J connectivity index is 1.85. The lowest BCUT2D eigenvalue weighted by atomic mass is 10.1. The number of benzene rings is 1. The monoisotopic (exact) mass is 344 g/mol. The minimum absolute atomic E-state index is 0.295. The molecular weight excluding hydrogens is 335 g/mol. The summed E-state index contributed by atoms with van der Waals surface area (Å²) in [5.74, 6) is 0.0896. The molecule has 0 radical (unpaired) electrons. The van der Waals surface area contributed by atoms with Crippen molar-refractivity contribution in [3.8, 4) is 11.3 Å². The van der Waals surface area contributed by atoms with Gasteiger partial charge in [-0.15, -0.1) is 0 Å². The van der Waals surface area contributed by atoms with Crippen molar-refractivity contribution in [3.05, 3.63) is 70.7 Å². The number of pyridine rings is 1. The highest BCUT2D eigenvalue weighted by Crippen LogP contribution is 2.28. The predicted octanol–water partition coefficient (Wildman–Crippen LogP) is 4.10. The van der Waals surface area contributed by atoms with Crippen LogP contribution >= 0.6 is 23.2 Å². The van der Waals surface area contributed by atoms with E-state index in [9.17, 15) is 4.79 Å². The van der Waals surface area contributed by atoms with Gasteiger partial charge in [-0.1, -0.05) is 29.3 Å². The van der Waals surface area contributed by atoms with E-state index in [1.807, 2.05) is 0 Å². The van der Waals surface area contributed by atoms with Crippen molar-refractivity contribution in [2.75, 3.05) is 5.32 Å². The molecule has 0 saturated heterocycles. The molecule has 0 spiro atoms. The lowest BCUT2D eigenvalue weighted by Gasteiger charge is -2.07. The van der Waals surface area contributed by atoms with E-state index in [0.29, 0.717) is 27.1 Å². The van der Waals surface area contributed by atoms with E-state index in [0.717, 1.165) is 5.56 Å². The Morgan fingerprint density at radius 2 is 1.91 bits per heavy atom. The van der Waals surface area contributed by atoms with Gasteiger partial charge in [0.2, 0.25) is 0 Å². The Bertz CT molecular complexity index is 856. The number of hydrogen-bond acceptors (Lipinski definition) is 4. The Morgan fingerprint density at radius 3 is 2.65 bits per heavy atom. The summed E-state index contributed by atoms with van der Waals surface area (Å²) in [6.45, 7) is 0. The highest BCUT2D eigenvalue weighted by Gasteiger charge is 2.09. The minimum Gasteiger partial charge on any atom is -0.306 e. The third kappa shape index (κ3) is 3.64. The molecule has 0 aliphatic rings. The van der Waals surface area contributed by atoms with E-state index >= 15 is 0 Å². The van der Waals surface area contributed by atoms with Crippen molar-refractivity contribution >= 4 is 34.9 Å². The van der Waals surface area contributed by atoms with Crippen LogP contribution in [0.2, 0.25) is 10.0 Å². The van der Waals surface area contributed by atoms with Gasteiger partial charge in [-0.2, -0.15) is 0 Å². The van der Waals surface area contributed by atoms with Crippen LogP contribution in [-0.4, -0.2) is 20.9 Å². The molecule has 2 aromatic heterocycles. The van der Waals surface area contributed by atoms with Gasteiger partial charge in [-0.05, 0) is 24.3 Å². The number of anilines is 1. The summed E-state index contributed by atoms with van der Waals surface area (Å²) in [5, 5.41) is 3.61. The normalized spacial score (nSPS) is 10.3. The molecule has 0 aliphatic heterocycles. The topological polar surface area (TPSA) is 67.8 Å².